The summed E-state index contributed by atoms with van der Waals surface area (Å²) in [6.45, 7) is 2.02. The van der Waals surface area contributed by atoms with Crippen LogP contribution >= 0.6 is 11.3 Å². The van der Waals surface area contributed by atoms with Crippen LogP contribution in [-0.4, -0.2) is 9.91 Å². The number of benzene rings is 2. The summed E-state index contributed by atoms with van der Waals surface area (Å²) in [4.78, 5) is 14.7. The van der Waals surface area contributed by atoms with Gasteiger partial charge in [0.25, 0.3) is 0 Å². The molecule has 1 heterocycles. The lowest BCUT2D eigenvalue weighted by atomic mass is 10.2. The van der Waals surface area contributed by atoms with E-state index in [-0.39, 0.29) is 18.0 Å². The lowest BCUT2D eigenvalue weighted by molar-refractivity contribution is -0.386. The first kappa shape index (κ1) is 16.8. The molecular formula is C17H14FN3O3S. The van der Waals surface area contributed by atoms with Crippen molar-refractivity contribution in [1.29, 1.82) is 0 Å². The molecule has 2 aromatic carbocycles. The number of halogens is 1. The second kappa shape index (κ2) is 7.27. The van der Waals surface area contributed by atoms with Crippen LogP contribution in [0.2, 0.25) is 0 Å². The zero-order valence-electron chi connectivity index (χ0n) is 13.2. The fraction of sp³-hybridized carbons (Fsp3) is 0.118. The van der Waals surface area contributed by atoms with E-state index in [0.29, 0.717) is 10.8 Å². The highest BCUT2D eigenvalue weighted by Crippen LogP contribution is 2.29. The summed E-state index contributed by atoms with van der Waals surface area (Å²) in [6, 6.07) is 11.0. The molecular weight excluding hydrogens is 345 g/mol. The van der Waals surface area contributed by atoms with E-state index in [1.54, 1.807) is 5.38 Å². The van der Waals surface area contributed by atoms with E-state index in [2.05, 4.69) is 10.3 Å². The number of aromatic nitrogens is 1. The summed E-state index contributed by atoms with van der Waals surface area (Å²) in [6.07, 6.45) is 0. The van der Waals surface area contributed by atoms with Crippen LogP contribution in [0.4, 0.5) is 20.9 Å². The average Bonchev–Trinajstić information content (AvgIpc) is 3.02. The first-order valence-electron chi connectivity index (χ1n) is 7.36. The predicted molar refractivity (Wildman–Crippen MR) is 94.0 cm³/mol. The van der Waals surface area contributed by atoms with E-state index in [9.17, 15) is 14.5 Å². The predicted octanol–water partition coefficient (Wildman–Crippen LogP) is 4.82. The van der Waals surface area contributed by atoms with E-state index in [4.69, 9.17) is 4.74 Å². The molecule has 3 aromatic rings. The summed E-state index contributed by atoms with van der Waals surface area (Å²) in [5.74, 6) is -0.716. The third-order valence-corrected chi connectivity index (χ3v) is 4.16. The molecule has 0 aliphatic carbocycles. The molecule has 128 valence electrons. The lowest BCUT2D eigenvalue weighted by Gasteiger charge is -2.05. The standard InChI is InChI=1S/C17H14FN3O3S/c1-11-2-5-13(6-3-11)19-17-20-14(10-25-17)9-24-16-8-12(18)4-7-15(16)21(22)23/h2-8,10H,9H2,1H3,(H,19,20). The Hall–Kier alpha value is -3.00. The summed E-state index contributed by atoms with van der Waals surface area (Å²) in [5.41, 5.74) is 2.39. The molecule has 0 fully saturated rings. The molecule has 0 aliphatic rings. The third kappa shape index (κ3) is 4.30. The summed E-state index contributed by atoms with van der Waals surface area (Å²) >= 11 is 1.39. The maximum atomic E-state index is 13.3. The van der Waals surface area contributed by atoms with Gasteiger partial charge in [-0.15, -0.1) is 11.3 Å². The molecule has 0 radical (unpaired) electrons. The number of nitro benzene ring substituents is 1. The Kier molecular flexibility index (Phi) is 4.90. The van der Waals surface area contributed by atoms with Crippen molar-refractivity contribution in [3.63, 3.8) is 0 Å². The van der Waals surface area contributed by atoms with Gasteiger partial charge in [0.2, 0.25) is 0 Å². The van der Waals surface area contributed by atoms with Gasteiger partial charge < -0.3 is 10.1 Å². The Bertz CT molecular complexity index is 896. The molecule has 0 atom stereocenters. The van der Waals surface area contributed by atoms with Crippen LogP contribution in [0, 0.1) is 22.9 Å². The number of nitro groups is 1. The number of ether oxygens (including phenoxy) is 1. The van der Waals surface area contributed by atoms with Crippen LogP contribution < -0.4 is 10.1 Å². The number of hydrogen-bond acceptors (Lipinski definition) is 6. The van der Waals surface area contributed by atoms with Crippen LogP contribution in [0.1, 0.15) is 11.3 Å². The van der Waals surface area contributed by atoms with Gasteiger partial charge in [0.1, 0.15) is 12.4 Å². The SMILES string of the molecule is Cc1ccc(Nc2nc(COc3cc(F)ccc3[N+](=O)[O-])cs2)cc1. The number of aryl methyl sites for hydroxylation is 1. The second-order valence-electron chi connectivity index (χ2n) is 5.29. The number of rotatable bonds is 6. The van der Waals surface area contributed by atoms with Crippen molar-refractivity contribution in [3.8, 4) is 5.75 Å². The number of nitrogens with one attached hydrogen (secondary N) is 1. The molecule has 3 rings (SSSR count). The van der Waals surface area contributed by atoms with Crippen LogP contribution in [0.3, 0.4) is 0 Å². The van der Waals surface area contributed by atoms with Crippen molar-refractivity contribution in [1.82, 2.24) is 4.98 Å². The molecule has 25 heavy (non-hydrogen) atoms. The first-order chi connectivity index (χ1) is 12.0. The molecule has 0 amide bonds. The Balaban J connectivity index is 1.67. The highest BCUT2D eigenvalue weighted by atomic mass is 32.1. The maximum Gasteiger partial charge on any atom is 0.311 e. The molecule has 6 nitrogen and oxygen atoms in total. The zero-order valence-corrected chi connectivity index (χ0v) is 14.0. The van der Waals surface area contributed by atoms with Crippen LogP contribution in [0.15, 0.2) is 47.8 Å². The largest absolute Gasteiger partial charge is 0.480 e. The number of nitrogens with zero attached hydrogens (tertiary/aromatic N) is 2. The summed E-state index contributed by atoms with van der Waals surface area (Å²) in [5, 5.41) is 16.6. The van der Waals surface area contributed by atoms with Crippen molar-refractivity contribution in [2.45, 2.75) is 13.5 Å². The Morgan fingerprint density at radius 2 is 2.04 bits per heavy atom. The van der Waals surface area contributed by atoms with Gasteiger partial charge in [0, 0.05) is 23.2 Å². The molecule has 0 spiro atoms. The molecule has 1 N–H and O–H groups in total. The quantitative estimate of drug-likeness (QED) is 0.504. The Labute approximate surface area is 147 Å². The first-order valence-corrected chi connectivity index (χ1v) is 8.24. The van der Waals surface area contributed by atoms with Crippen molar-refractivity contribution < 1.29 is 14.1 Å². The maximum absolute atomic E-state index is 13.3. The van der Waals surface area contributed by atoms with Crippen molar-refractivity contribution in [2.75, 3.05) is 5.32 Å². The molecule has 0 saturated carbocycles. The lowest BCUT2D eigenvalue weighted by Crippen LogP contribution is -2.00. The minimum Gasteiger partial charge on any atom is -0.480 e. The number of thiazole rings is 1. The normalized spacial score (nSPS) is 10.5. The molecule has 0 bridgehead atoms. The molecule has 1 aromatic heterocycles. The smallest absolute Gasteiger partial charge is 0.311 e. The number of anilines is 2. The van der Waals surface area contributed by atoms with Crippen LogP contribution in [0.5, 0.6) is 5.75 Å². The van der Waals surface area contributed by atoms with E-state index in [1.165, 1.54) is 11.3 Å². The fourth-order valence-corrected chi connectivity index (χ4v) is 2.81. The highest BCUT2D eigenvalue weighted by Gasteiger charge is 2.16. The van der Waals surface area contributed by atoms with Crippen LogP contribution in [0.25, 0.3) is 0 Å². The zero-order chi connectivity index (χ0) is 17.8. The van der Waals surface area contributed by atoms with Crippen molar-refractivity contribution in [2.24, 2.45) is 0 Å². The molecule has 0 aliphatic heterocycles. The van der Waals surface area contributed by atoms with E-state index < -0.39 is 10.7 Å². The van der Waals surface area contributed by atoms with Crippen molar-refractivity contribution >= 4 is 27.8 Å². The molecule has 8 heteroatoms. The van der Waals surface area contributed by atoms with Crippen LogP contribution in [-0.2, 0) is 6.61 Å². The minimum atomic E-state index is -0.611. The fourth-order valence-electron chi connectivity index (χ4n) is 2.10. The summed E-state index contributed by atoms with van der Waals surface area (Å²) < 4.78 is 18.7. The Morgan fingerprint density at radius 1 is 1.28 bits per heavy atom. The molecule has 0 unspecified atom stereocenters. The average molecular weight is 359 g/mol. The van der Waals surface area contributed by atoms with Gasteiger partial charge in [0.15, 0.2) is 10.9 Å². The van der Waals surface area contributed by atoms with Gasteiger partial charge in [-0.3, -0.25) is 10.1 Å². The monoisotopic (exact) mass is 359 g/mol. The van der Waals surface area contributed by atoms with Gasteiger partial charge in [0.05, 0.1) is 10.6 Å². The topological polar surface area (TPSA) is 77.3 Å². The van der Waals surface area contributed by atoms with E-state index >= 15 is 0 Å². The van der Waals surface area contributed by atoms with Gasteiger partial charge >= 0.3 is 5.69 Å². The van der Waals surface area contributed by atoms with E-state index in [1.807, 2.05) is 31.2 Å². The van der Waals surface area contributed by atoms with Crippen molar-refractivity contribution in [3.05, 3.63) is 75.0 Å². The van der Waals surface area contributed by atoms with Gasteiger partial charge in [-0.1, -0.05) is 17.7 Å². The van der Waals surface area contributed by atoms with E-state index in [0.717, 1.165) is 29.4 Å². The Morgan fingerprint density at radius 3 is 2.76 bits per heavy atom. The third-order valence-electron chi connectivity index (χ3n) is 3.35. The van der Waals surface area contributed by atoms with Gasteiger partial charge in [-0.05, 0) is 25.1 Å². The second-order valence-corrected chi connectivity index (χ2v) is 6.15. The minimum absolute atomic E-state index is 0.0103. The highest BCUT2D eigenvalue weighted by molar-refractivity contribution is 7.13. The molecule has 0 saturated heterocycles. The number of hydrogen-bond donors (Lipinski definition) is 1. The summed E-state index contributed by atoms with van der Waals surface area (Å²) in [7, 11) is 0. The van der Waals surface area contributed by atoms with Gasteiger partial charge in [-0.25, -0.2) is 9.37 Å². The van der Waals surface area contributed by atoms with Gasteiger partial charge in [-0.2, -0.15) is 0 Å².